The maximum atomic E-state index is 11.6. The average Bonchev–Trinajstić information content (AvgIpc) is 2.71. The molecule has 2 aromatic rings. The fraction of sp³-hybridized carbons (Fsp3) is 0. The lowest BCUT2D eigenvalue weighted by molar-refractivity contribution is 0.475. The minimum Gasteiger partial charge on any atom is -0.359 e. The first-order valence-electron chi connectivity index (χ1n) is 4.02. The minimum atomic E-state index is -3.82. The summed E-state index contributed by atoms with van der Waals surface area (Å²) >= 11 is 0. The van der Waals surface area contributed by atoms with Crippen LogP contribution in [-0.4, -0.2) is 23.6 Å². The van der Waals surface area contributed by atoms with E-state index in [9.17, 15) is 8.42 Å². The van der Waals surface area contributed by atoms with E-state index in [-0.39, 0.29) is 10.8 Å². The topological polar surface area (TPSA) is 84.9 Å². The van der Waals surface area contributed by atoms with Gasteiger partial charge in [-0.15, -0.1) is 0 Å². The summed E-state index contributed by atoms with van der Waals surface area (Å²) in [5, 5.41) is 5.96. The van der Waals surface area contributed by atoms with Crippen molar-refractivity contribution in [3.8, 4) is 5.88 Å². The van der Waals surface area contributed by atoms with E-state index in [1.807, 2.05) is 0 Å². The highest BCUT2D eigenvalue weighted by atomic mass is 32.2. The third kappa shape index (κ3) is 2.13. The number of rotatable bonds is 3. The molecular formula is C8H7N3O3S. The van der Waals surface area contributed by atoms with Crippen LogP contribution in [0.5, 0.6) is 5.88 Å². The van der Waals surface area contributed by atoms with Crippen molar-refractivity contribution >= 4 is 10.1 Å². The molecule has 0 atom stereocenters. The Balaban J connectivity index is 2.29. The fourth-order valence-electron chi connectivity index (χ4n) is 0.951. The highest BCUT2D eigenvalue weighted by molar-refractivity contribution is 7.87. The number of hydrogen-bond donors (Lipinski definition) is 1. The number of aromatic nitrogens is 3. The van der Waals surface area contributed by atoms with Gasteiger partial charge in [0.15, 0.2) is 0 Å². The van der Waals surface area contributed by atoms with Crippen LogP contribution in [0.25, 0.3) is 0 Å². The Morgan fingerprint density at radius 3 is 2.73 bits per heavy atom. The monoisotopic (exact) mass is 225 g/mol. The van der Waals surface area contributed by atoms with Crippen LogP contribution < -0.4 is 4.18 Å². The van der Waals surface area contributed by atoms with E-state index in [0.717, 1.165) is 0 Å². The summed E-state index contributed by atoms with van der Waals surface area (Å²) in [5.74, 6) is 0.0684. The molecule has 2 rings (SSSR count). The van der Waals surface area contributed by atoms with Gasteiger partial charge in [0.1, 0.15) is 4.90 Å². The maximum absolute atomic E-state index is 11.6. The predicted octanol–water partition coefficient (Wildman–Crippen LogP) is 0.572. The van der Waals surface area contributed by atoms with Crippen LogP contribution in [0.2, 0.25) is 0 Å². The van der Waals surface area contributed by atoms with Crippen molar-refractivity contribution in [2.45, 2.75) is 4.90 Å². The molecule has 0 saturated heterocycles. The molecule has 0 spiro atoms. The van der Waals surface area contributed by atoms with Crippen molar-refractivity contribution in [2.75, 3.05) is 0 Å². The Bertz CT molecular complexity index is 522. The molecule has 1 N–H and O–H groups in total. The van der Waals surface area contributed by atoms with Gasteiger partial charge in [-0.1, -0.05) is 0 Å². The van der Waals surface area contributed by atoms with Gasteiger partial charge in [-0.05, 0) is 12.1 Å². The molecule has 0 unspecified atom stereocenters. The fourth-order valence-corrected chi connectivity index (χ4v) is 1.81. The molecular weight excluding hydrogens is 218 g/mol. The summed E-state index contributed by atoms with van der Waals surface area (Å²) in [7, 11) is -3.82. The Hall–Kier alpha value is -1.89. The summed E-state index contributed by atoms with van der Waals surface area (Å²) < 4.78 is 27.9. The summed E-state index contributed by atoms with van der Waals surface area (Å²) in [4.78, 5) is 3.69. The first kappa shape index (κ1) is 9.66. The molecule has 78 valence electrons. The third-order valence-electron chi connectivity index (χ3n) is 1.60. The van der Waals surface area contributed by atoms with Crippen molar-refractivity contribution < 1.29 is 12.6 Å². The number of nitrogens with one attached hydrogen (secondary N) is 1. The second-order valence-corrected chi connectivity index (χ2v) is 4.19. The Morgan fingerprint density at radius 2 is 2.13 bits per heavy atom. The predicted molar refractivity (Wildman–Crippen MR) is 50.6 cm³/mol. The first-order valence-corrected chi connectivity index (χ1v) is 5.43. The summed E-state index contributed by atoms with van der Waals surface area (Å²) in [5.41, 5.74) is 0. The van der Waals surface area contributed by atoms with E-state index in [1.165, 1.54) is 36.8 Å². The quantitative estimate of drug-likeness (QED) is 0.772. The van der Waals surface area contributed by atoms with Crippen LogP contribution in [0, 0.1) is 0 Å². The number of aromatic amines is 1. The number of nitrogens with zero attached hydrogens (tertiary/aromatic N) is 2. The highest BCUT2D eigenvalue weighted by Gasteiger charge is 2.16. The van der Waals surface area contributed by atoms with Crippen molar-refractivity contribution in [2.24, 2.45) is 0 Å². The maximum Gasteiger partial charge on any atom is 0.342 e. The van der Waals surface area contributed by atoms with E-state index < -0.39 is 10.1 Å². The zero-order chi connectivity index (χ0) is 10.7. The second-order valence-electron chi connectivity index (χ2n) is 2.65. The summed E-state index contributed by atoms with van der Waals surface area (Å²) in [6.07, 6.45) is 4.09. The Labute approximate surface area is 86.1 Å². The molecule has 7 heteroatoms. The Kier molecular flexibility index (Phi) is 2.38. The number of hydrogen-bond acceptors (Lipinski definition) is 5. The van der Waals surface area contributed by atoms with Crippen molar-refractivity contribution in [3.05, 3.63) is 36.8 Å². The lowest BCUT2D eigenvalue weighted by Crippen LogP contribution is -2.10. The molecule has 0 saturated carbocycles. The molecule has 0 aliphatic rings. The molecule has 2 aromatic heterocycles. The van der Waals surface area contributed by atoms with Crippen LogP contribution in [0.1, 0.15) is 0 Å². The lowest BCUT2D eigenvalue weighted by atomic mass is 10.5. The van der Waals surface area contributed by atoms with E-state index in [0.29, 0.717) is 0 Å². The highest BCUT2D eigenvalue weighted by Crippen LogP contribution is 2.13. The molecule has 0 amide bonds. The smallest absolute Gasteiger partial charge is 0.342 e. The molecule has 2 heterocycles. The van der Waals surface area contributed by atoms with E-state index in [1.54, 1.807) is 0 Å². The van der Waals surface area contributed by atoms with Crippen LogP contribution in [-0.2, 0) is 10.1 Å². The van der Waals surface area contributed by atoms with Gasteiger partial charge < -0.3 is 4.18 Å². The van der Waals surface area contributed by atoms with E-state index >= 15 is 0 Å². The van der Waals surface area contributed by atoms with Crippen LogP contribution in [0.15, 0.2) is 41.7 Å². The standard InChI is InChI=1S/C8H7N3O3S/c12-15(13,7-2-1-4-9-6-7)14-8-3-5-10-11-8/h1-6H,(H,10,11). The van der Waals surface area contributed by atoms with E-state index in [4.69, 9.17) is 4.18 Å². The van der Waals surface area contributed by atoms with Gasteiger partial charge in [0, 0.05) is 18.5 Å². The Morgan fingerprint density at radius 1 is 1.27 bits per heavy atom. The molecule has 6 nitrogen and oxygen atoms in total. The largest absolute Gasteiger partial charge is 0.359 e. The molecule has 0 fully saturated rings. The van der Waals surface area contributed by atoms with Crippen LogP contribution >= 0.6 is 0 Å². The first-order chi connectivity index (χ1) is 7.18. The minimum absolute atomic E-state index is 0.000370. The molecule has 15 heavy (non-hydrogen) atoms. The normalized spacial score (nSPS) is 11.2. The van der Waals surface area contributed by atoms with Gasteiger partial charge in [-0.2, -0.15) is 13.5 Å². The summed E-state index contributed by atoms with van der Waals surface area (Å²) in [6, 6.07) is 4.33. The third-order valence-corrected chi connectivity index (χ3v) is 2.82. The van der Waals surface area contributed by atoms with Gasteiger partial charge in [0.25, 0.3) is 0 Å². The SMILES string of the molecule is O=S(=O)(Oc1ccn[nH]1)c1cccnc1. The lowest BCUT2D eigenvalue weighted by Gasteiger charge is -2.02. The molecule has 0 aliphatic heterocycles. The van der Waals surface area contributed by atoms with Crippen molar-refractivity contribution in [1.29, 1.82) is 0 Å². The van der Waals surface area contributed by atoms with Gasteiger partial charge in [0.05, 0.1) is 6.20 Å². The van der Waals surface area contributed by atoms with Crippen LogP contribution in [0.4, 0.5) is 0 Å². The van der Waals surface area contributed by atoms with Crippen LogP contribution in [0.3, 0.4) is 0 Å². The zero-order valence-corrected chi connectivity index (χ0v) is 8.31. The average molecular weight is 225 g/mol. The van der Waals surface area contributed by atoms with Gasteiger partial charge >= 0.3 is 10.1 Å². The van der Waals surface area contributed by atoms with Gasteiger partial charge in [-0.3, -0.25) is 4.98 Å². The van der Waals surface area contributed by atoms with E-state index in [2.05, 4.69) is 15.2 Å². The molecule has 0 radical (unpaired) electrons. The second kappa shape index (κ2) is 3.70. The van der Waals surface area contributed by atoms with Crippen molar-refractivity contribution in [3.63, 3.8) is 0 Å². The van der Waals surface area contributed by atoms with Crippen molar-refractivity contribution in [1.82, 2.24) is 15.2 Å². The van der Waals surface area contributed by atoms with Gasteiger partial charge in [0.2, 0.25) is 5.88 Å². The summed E-state index contributed by atoms with van der Waals surface area (Å²) in [6.45, 7) is 0. The number of pyridine rings is 1. The number of H-pyrrole nitrogens is 1. The molecule has 0 aromatic carbocycles. The van der Waals surface area contributed by atoms with Gasteiger partial charge in [-0.25, -0.2) is 5.10 Å². The molecule has 0 aliphatic carbocycles. The zero-order valence-electron chi connectivity index (χ0n) is 7.49. The molecule has 0 bridgehead atoms.